The number of sulfonamides is 1. The molecule has 3 aromatic rings. The molecular formula is C25H27N3O4S2. The van der Waals surface area contributed by atoms with Gasteiger partial charge in [-0.2, -0.15) is 0 Å². The lowest BCUT2D eigenvalue weighted by Gasteiger charge is -2.40. The normalized spacial score (nSPS) is 15.2. The number of rotatable bonds is 6. The van der Waals surface area contributed by atoms with Gasteiger partial charge in [0.2, 0.25) is 0 Å². The average molecular weight is 498 g/mol. The lowest BCUT2D eigenvalue weighted by Crippen LogP contribution is -2.38. The molecule has 1 saturated heterocycles. The van der Waals surface area contributed by atoms with Crippen molar-refractivity contribution in [2.45, 2.75) is 37.5 Å². The van der Waals surface area contributed by atoms with Crippen LogP contribution in [0, 0.1) is 13.8 Å². The quantitative estimate of drug-likeness (QED) is 0.493. The molecule has 3 aliphatic rings. The van der Waals surface area contributed by atoms with E-state index in [0.29, 0.717) is 22.9 Å². The molecule has 1 aromatic heterocycles. The van der Waals surface area contributed by atoms with Crippen LogP contribution in [0.2, 0.25) is 0 Å². The number of methoxy groups -OCH3 is 1. The number of nitrogens with one attached hydrogen (secondary N) is 2. The zero-order chi connectivity index (χ0) is 24.0. The lowest BCUT2D eigenvalue weighted by molar-refractivity contribution is 0.102. The van der Waals surface area contributed by atoms with Crippen LogP contribution in [0.15, 0.2) is 46.7 Å². The molecule has 1 amide bonds. The predicted octanol–water partition coefficient (Wildman–Crippen LogP) is 5.12. The second-order valence-corrected chi connectivity index (χ2v) is 11.3. The Morgan fingerprint density at radius 3 is 2.50 bits per heavy atom. The number of carbonyl (C=O) groups excluding carboxylic acids is 1. The van der Waals surface area contributed by atoms with Crippen molar-refractivity contribution in [3.05, 3.63) is 64.0 Å². The molecule has 2 bridgehead atoms. The number of anilines is 3. The summed E-state index contributed by atoms with van der Waals surface area (Å²) in [6.07, 6.45) is 2.14. The Morgan fingerprint density at radius 1 is 1.12 bits per heavy atom. The molecule has 178 valence electrons. The molecule has 9 heteroatoms. The Labute approximate surface area is 203 Å². The second-order valence-electron chi connectivity index (χ2n) is 8.82. The first-order chi connectivity index (χ1) is 16.3. The van der Waals surface area contributed by atoms with Gasteiger partial charge in [-0.15, -0.1) is 11.3 Å². The summed E-state index contributed by atoms with van der Waals surface area (Å²) in [5.41, 5.74) is 4.39. The minimum atomic E-state index is -3.97. The van der Waals surface area contributed by atoms with Gasteiger partial charge in [0, 0.05) is 29.7 Å². The fourth-order valence-electron chi connectivity index (χ4n) is 4.87. The van der Waals surface area contributed by atoms with Crippen molar-refractivity contribution >= 4 is 43.6 Å². The number of fused-ring (bicyclic) bond motifs is 2. The number of nitrogens with zero attached hydrogens (tertiary/aromatic N) is 1. The third-order valence-corrected chi connectivity index (χ3v) is 9.10. The van der Waals surface area contributed by atoms with Gasteiger partial charge in [-0.25, -0.2) is 8.42 Å². The van der Waals surface area contributed by atoms with Crippen LogP contribution in [0.25, 0.3) is 0 Å². The van der Waals surface area contributed by atoms with Gasteiger partial charge in [0.25, 0.3) is 15.9 Å². The minimum Gasteiger partial charge on any atom is -0.495 e. The Balaban J connectivity index is 1.45. The molecule has 2 aromatic carbocycles. The van der Waals surface area contributed by atoms with E-state index in [4.69, 9.17) is 4.74 Å². The molecule has 0 spiro atoms. The first-order valence-electron chi connectivity index (χ1n) is 11.2. The van der Waals surface area contributed by atoms with E-state index in [1.54, 1.807) is 23.5 Å². The number of ether oxygens (including phenoxy) is 1. The highest BCUT2D eigenvalue weighted by atomic mass is 32.2. The number of hydrogen-bond acceptors (Lipinski definition) is 6. The molecule has 4 heterocycles. The molecule has 2 N–H and O–H groups in total. The number of para-hydroxylation sites is 1. The minimum absolute atomic E-state index is 0.0343. The smallest absolute Gasteiger partial charge is 0.265 e. The van der Waals surface area contributed by atoms with Crippen molar-refractivity contribution in [2.24, 2.45) is 0 Å². The Kier molecular flexibility index (Phi) is 5.77. The summed E-state index contributed by atoms with van der Waals surface area (Å²) in [6.45, 7) is 5.80. The molecule has 7 nitrogen and oxygen atoms in total. The van der Waals surface area contributed by atoms with E-state index < -0.39 is 10.0 Å². The van der Waals surface area contributed by atoms with Crippen LogP contribution in [-0.2, 0) is 10.0 Å². The van der Waals surface area contributed by atoms with Gasteiger partial charge in [0.05, 0.1) is 23.4 Å². The largest absolute Gasteiger partial charge is 0.495 e. The molecular weight excluding hydrogens is 470 g/mol. The first-order valence-corrected chi connectivity index (χ1v) is 13.6. The van der Waals surface area contributed by atoms with Crippen LogP contribution in [0.5, 0.6) is 5.75 Å². The summed E-state index contributed by atoms with van der Waals surface area (Å²) >= 11 is 1.61. The maximum absolute atomic E-state index is 13.3. The molecule has 0 unspecified atom stereocenters. The molecule has 0 saturated carbocycles. The fraction of sp³-hybridized carbons (Fsp3) is 0.320. The molecule has 1 fully saturated rings. The number of amides is 1. The van der Waals surface area contributed by atoms with Crippen molar-refractivity contribution in [1.29, 1.82) is 0 Å². The number of benzene rings is 2. The van der Waals surface area contributed by atoms with Gasteiger partial charge in [-0.3, -0.25) is 9.52 Å². The third kappa shape index (κ3) is 3.92. The first kappa shape index (κ1) is 22.7. The standard InChI is InChI=1S/C25H27N3O4S2/c1-15-5-4-6-16(2)23(15)27-34(30,31)21-13-18(7-8-20(21)32-3)26-24(29)19-14-33-25-22(19)17-9-11-28(25)12-10-17/h4-8,13-14,17,27H,9-12H2,1-3H3,(H,26,29). The van der Waals surface area contributed by atoms with Crippen LogP contribution < -0.4 is 19.7 Å². The van der Waals surface area contributed by atoms with E-state index in [1.165, 1.54) is 18.2 Å². The van der Waals surface area contributed by atoms with E-state index in [1.807, 2.05) is 37.4 Å². The molecule has 6 rings (SSSR count). The van der Waals surface area contributed by atoms with E-state index in [2.05, 4.69) is 14.9 Å². The number of hydrogen-bond donors (Lipinski definition) is 2. The maximum atomic E-state index is 13.3. The van der Waals surface area contributed by atoms with Gasteiger partial charge < -0.3 is 15.0 Å². The number of thiophene rings is 1. The highest BCUT2D eigenvalue weighted by Gasteiger charge is 2.35. The van der Waals surface area contributed by atoms with E-state index in [-0.39, 0.29) is 16.6 Å². The van der Waals surface area contributed by atoms with Crippen LogP contribution in [0.3, 0.4) is 0 Å². The summed E-state index contributed by atoms with van der Waals surface area (Å²) in [4.78, 5) is 15.5. The average Bonchev–Trinajstić information content (AvgIpc) is 3.30. The molecule has 34 heavy (non-hydrogen) atoms. The van der Waals surface area contributed by atoms with Crippen LogP contribution in [0.1, 0.15) is 45.8 Å². The summed E-state index contributed by atoms with van der Waals surface area (Å²) in [5, 5.41) is 6.02. The van der Waals surface area contributed by atoms with Gasteiger partial charge in [0.1, 0.15) is 10.6 Å². The van der Waals surface area contributed by atoms with Gasteiger partial charge in [0.15, 0.2) is 0 Å². The molecule has 0 radical (unpaired) electrons. The number of carbonyl (C=O) groups is 1. The van der Waals surface area contributed by atoms with Crippen molar-refractivity contribution in [2.75, 3.05) is 35.1 Å². The van der Waals surface area contributed by atoms with Crippen LogP contribution in [-0.4, -0.2) is 34.5 Å². The Hall–Kier alpha value is -3.04. The highest BCUT2D eigenvalue weighted by Crippen LogP contribution is 2.47. The van der Waals surface area contributed by atoms with Crippen molar-refractivity contribution < 1.29 is 17.9 Å². The summed E-state index contributed by atoms with van der Waals surface area (Å²) < 4.78 is 34.7. The predicted molar refractivity (Wildman–Crippen MR) is 136 cm³/mol. The molecule has 0 atom stereocenters. The topological polar surface area (TPSA) is 87.7 Å². The van der Waals surface area contributed by atoms with Gasteiger partial charge >= 0.3 is 0 Å². The van der Waals surface area contributed by atoms with E-state index in [9.17, 15) is 13.2 Å². The van der Waals surface area contributed by atoms with Gasteiger partial charge in [-0.05, 0) is 61.9 Å². The highest BCUT2D eigenvalue weighted by molar-refractivity contribution is 7.92. The molecule has 3 aliphatic heterocycles. The Morgan fingerprint density at radius 2 is 1.82 bits per heavy atom. The summed E-state index contributed by atoms with van der Waals surface area (Å²) in [6, 6.07) is 10.2. The zero-order valence-corrected chi connectivity index (χ0v) is 21.0. The van der Waals surface area contributed by atoms with Crippen LogP contribution in [0.4, 0.5) is 16.4 Å². The molecule has 0 aliphatic carbocycles. The second kappa shape index (κ2) is 8.63. The van der Waals surface area contributed by atoms with Crippen LogP contribution >= 0.6 is 11.3 Å². The zero-order valence-electron chi connectivity index (χ0n) is 19.3. The number of piperidine rings is 1. The number of aryl methyl sites for hydroxylation is 2. The van der Waals surface area contributed by atoms with Crippen molar-refractivity contribution in [3.8, 4) is 5.75 Å². The van der Waals surface area contributed by atoms with E-state index in [0.717, 1.165) is 42.6 Å². The lowest BCUT2D eigenvalue weighted by atomic mass is 9.84. The summed E-state index contributed by atoms with van der Waals surface area (Å²) in [7, 11) is -2.54. The van der Waals surface area contributed by atoms with Crippen molar-refractivity contribution in [1.82, 2.24) is 0 Å². The van der Waals surface area contributed by atoms with Crippen molar-refractivity contribution in [3.63, 3.8) is 0 Å². The summed E-state index contributed by atoms with van der Waals surface area (Å²) in [5.74, 6) is 0.401. The van der Waals surface area contributed by atoms with E-state index >= 15 is 0 Å². The SMILES string of the molecule is COc1ccc(NC(=O)c2csc3c2C2CCN3CC2)cc1S(=O)(=O)Nc1c(C)cccc1C. The van der Waals surface area contributed by atoms with Gasteiger partial charge in [-0.1, -0.05) is 18.2 Å². The Bertz CT molecular complexity index is 1350. The monoisotopic (exact) mass is 497 g/mol. The maximum Gasteiger partial charge on any atom is 0.265 e. The third-order valence-electron chi connectivity index (χ3n) is 6.67. The fourth-order valence-corrected chi connectivity index (χ4v) is 7.47.